The smallest absolute Gasteiger partial charge is 0.406 e. The van der Waals surface area contributed by atoms with Crippen molar-refractivity contribution in [2.45, 2.75) is 25.4 Å². The molecule has 260 valence electrons. The fourth-order valence-electron chi connectivity index (χ4n) is 5.57. The first-order chi connectivity index (χ1) is 23.8. The number of alkyl halides is 3. The quantitative estimate of drug-likeness (QED) is 0.221. The maximum atomic E-state index is 14.1. The molecule has 5 rings (SSSR count). The minimum atomic E-state index is -4.86. The number of fused-ring (bicyclic) bond motifs is 1. The van der Waals surface area contributed by atoms with Crippen LogP contribution in [0.5, 0.6) is 5.75 Å². The predicted octanol–water partition coefficient (Wildman–Crippen LogP) is 4.66. The highest BCUT2D eigenvalue weighted by molar-refractivity contribution is 6.05. The van der Waals surface area contributed by atoms with E-state index in [9.17, 15) is 32.3 Å². The van der Waals surface area contributed by atoms with E-state index in [1.165, 1.54) is 17.0 Å². The largest absolute Gasteiger partial charge is 0.573 e. The van der Waals surface area contributed by atoms with Crippen LogP contribution in [0.2, 0.25) is 0 Å². The van der Waals surface area contributed by atoms with E-state index in [4.69, 9.17) is 5.73 Å². The van der Waals surface area contributed by atoms with Crippen LogP contribution in [0, 0.1) is 0 Å². The zero-order valence-electron chi connectivity index (χ0n) is 27.3. The lowest BCUT2D eigenvalue weighted by Crippen LogP contribution is -2.42. The first kappa shape index (κ1) is 35.5. The minimum absolute atomic E-state index is 0.0952. The number of rotatable bonds is 12. The summed E-state index contributed by atoms with van der Waals surface area (Å²) in [5.41, 5.74) is 8.74. The molecule has 3 aromatic carbocycles. The Labute approximate surface area is 286 Å². The molecule has 2 heterocycles. The molecule has 1 unspecified atom stereocenters. The zero-order valence-corrected chi connectivity index (χ0v) is 27.3. The molecule has 4 amide bonds. The van der Waals surface area contributed by atoms with Gasteiger partial charge in [-0.05, 0) is 92.3 Å². The number of pyridine rings is 1. The van der Waals surface area contributed by atoms with Crippen molar-refractivity contribution in [1.82, 2.24) is 19.7 Å². The number of hydrogen-bond donors (Lipinski definition) is 2. The van der Waals surface area contributed by atoms with Gasteiger partial charge in [0.1, 0.15) is 5.75 Å². The maximum Gasteiger partial charge on any atom is 0.573 e. The summed E-state index contributed by atoms with van der Waals surface area (Å²) >= 11 is 0. The molecule has 0 spiro atoms. The number of anilines is 1. The van der Waals surface area contributed by atoms with Crippen LogP contribution in [0.15, 0.2) is 91.1 Å². The van der Waals surface area contributed by atoms with E-state index < -0.39 is 30.0 Å². The van der Waals surface area contributed by atoms with E-state index >= 15 is 0 Å². The van der Waals surface area contributed by atoms with Gasteiger partial charge >= 0.3 is 6.36 Å². The number of likely N-dealkylation sites (N-methyl/N-ethyl adjacent to an activating group) is 1. The van der Waals surface area contributed by atoms with Crippen molar-refractivity contribution in [3.63, 3.8) is 0 Å². The zero-order chi connectivity index (χ0) is 36.0. The van der Waals surface area contributed by atoms with Crippen molar-refractivity contribution in [3.05, 3.63) is 125 Å². The molecule has 0 aliphatic carbocycles. The number of nitrogens with two attached hydrogens (primary N) is 1. The number of aromatic nitrogens is 1. The van der Waals surface area contributed by atoms with Crippen molar-refractivity contribution in [2.75, 3.05) is 39.0 Å². The van der Waals surface area contributed by atoms with Crippen LogP contribution in [-0.2, 0) is 17.8 Å². The summed E-state index contributed by atoms with van der Waals surface area (Å²) in [5, 5.41) is 2.70. The van der Waals surface area contributed by atoms with Gasteiger partial charge in [0.05, 0.1) is 18.3 Å². The summed E-state index contributed by atoms with van der Waals surface area (Å²) in [6, 6.07) is 21.3. The molecule has 1 aromatic heterocycles. The molecule has 0 fully saturated rings. The molecule has 3 N–H and O–H groups in total. The monoisotopic (exact) mass is 688 g/mol. The SMILES string of the molecule is CN(C)CCN(CC(N)=O)C(=O)c1ccc(CN2C(=O)c3cc(NC(=O)c4ccc(OC(F)(F)F)cc4)ccc3CC2c2ccccn2)cc1. The lowest BCUT2D eigenvalue weighted by atomic mass is 9.90. The second-order valence-electron chi connectivity index (χ2n) is 12.0. The highest BCUT2D eigenvalue weighted by Crippen LogP contribution is 2.35. The molecular formula is C36H35F3N6O5. The fraction of sp³-hybridized carbons (Fsp3) is 0.250. The van der Waals surface area contributed by atoms with Crippen molar-refractivity contribution < 1.29 is 37.1 Å². The van der Waals surface area contributed by atoms with Crippen LogP contribution in [0.3, 0.4) is 0 Å². The van der Waals surface area contributed by atoms with Gasteiger partial charge in [0, 0.05) is 48.2 Å². The van der Waals surface area contributed by atoms with E-state index in [1.807, 2.05) is 31.1 Å². The van der Waals surface area contributed by atoms with Crippen molar-refractivity contribution in [3.8, 4) is 5.75 Å². The third-order valence-corrected chi connectivity index (χ3v) is 8.03. The Morgan fingerprint density at radius 2 is 1.66 bits per heavy atom. The van der Waals surface area contributed by atoms with Crippen LogP contribution < -0.4 is 15.8 Å². The molecule has 4 aromatic rings. The number of nitrogens with one attached hydrogen (secondary N) is 1. The van der Waals surface area contributed by atoms with Gasteiger partial charge in [-0.2, -0.15) is 0 Å². The summed E-state index contributed by atoms with van der Waals surface area (Å²) in [4.78, 5) is 61.4. The molecule has 0 bridgehead atoms. The van der Waals surface area contributed by atoms with Gasteiger partial charge < -0.3 is 30.5 Å². The average Bonchev–Trinajstić information content (AvgIpc) is 3.07. The topological polar surface area (TPSA) is 138 Å². The highest BCUT2D eigenvalue weighted by atomic mass is 19.4. The first-order valence-electron chi connectivity index (χ1n) is 15.6. The minimum Gasteiger partial charge on any atom is -0.406 e. The second kappa shape index (κ2) is 15.2. The normalized spacial score (nSPS) is 14.2. The van der Waals surface area contributed by atoms with Crippen LogP contribution in [0.4, 0.5) is 18.9 Å². The number of carbonyl (C=O) groups is 4. The Kier molecular flexibility index (Phi) is 10.8. The van der Waals surface area contributed by atoms with E-state index in [-0.39, 0.29) is 30.5 Å². The van der Waals surface area contributed by atoms with Gasteiger partial charge in [-0.15, -0.1) is 13.2 Å². The van der Waals surface area contributed by atoms with Crippen molar-refractivity contribution in [1.29, 1.82) is 0 Å². The third-order valence-electron chi connectivity index (χ3n) is 8.03. The lowest BCUT2D eigenvalue weighted by molar-refractivity contribution is -0.274. The molecular weight excluding hydrogens is 653 g/mol. The number of halogens is 3. The van der Waals surface area contributed by atoms with Gasteiger partial charge in [0.25, 0.3) is 17.7 Å². The first-order valence-corrected chi connectivity index (χ1v) is 15.6. The summed E-state index contributed by atoms with van der Waals surface area (Å²) in [7, 11) is 3.72. The van der Waals surface area contributed by atoms with E-state index in [0.717, 1.165) is 23.3 Å². The summed E-state index contributed by atoms with van der Waals surface area (Å²) < 4.78 is 41.4. The second-order valence-corrected chi connectivity index (χ2v) is 12.0. The Hall–Kier alpha value is -5.76. The molecule has 0 radical (unpaired) electrons. The number of benzene rings is 3. The predicted molar refractivity (Wildman–Crippen MR) is 178 cm³/mol. The molecule has 14 heteroatoms. The highest BCUT2D eigenvalue weighted by Gasteiger charge is 2.35. The summed E-state index contributed by atoms with van der Waals surface area (Å²) in [6.45, 7) is 0.829. The summed E-state index contributed by atoms with van der Waals surface area (Å²) in [5.74, 6) is -2.30. The third kappa shape index (κ3) is 9.02. The van der Waals surface area contributed by atoms with Crippen LogP contribution >= 0.6 is 0 Å². The Morgan fingerprint density at radius 3 is 2.28 bits per heavy atom. The van der Waals surface area contributed by atoms with E-state index in [2.05, 4.69) is 15.0 Å². The van der Waals surface area contributed by atoms with Gasteiger partial charge in [-0.25, -0.2) is 0 Å². The van der Waals surface area contributed by atoms with Crippen LogP contribution in [0.25, 0.3) is 0 Å². The number of nitrogens with zero attached hydrogens (tertiary/aromatic N) is 4. The van der Waals surface area contributed by atoms with E-state index in [0.29, 0.717) is 42.0 Å². The van der Waals surface area contributed by atoms with Gasteiger partial charge in [-0.1, -0.05) is 24.3 Å². The standard InChI is InChI=1S/C36H35F3N6O5/c1-43(2)17-18-44(22-32(40)46)34(48)25-8-6-23(7-9-25)21-45-31(30-5-3-4-16-41-30)19-26-10-13-27(20-29(26)35(45)49)42-33(47)24-11-14-28(15-12-24)50-36(37,38)39/h3-16,20,31H,17-19,21-22H2,1-2H3,(H2,40,46)(H,42,47). The Morgan fingerprint density at radius 1 is 0.960 bits per heavy atom. The number of ether oxygens (including phenoxy) is 1. The lowest BCUT2D eigenvalue weighted by Gasteiger charge is -2.36. The van der Waals surface area contributed by atoms with Gasteiger partial charge in [-0.3, -0.25) is 24.2 Å². The number of hydrogen-bond acceptors (Lipinski definition) is 7. The average molecular weight is 689 g/mol. The number of amides is 4. The van der Waals surface area contributed by atoms with E-state index in [1.54, 1.807) is 59.6 Å². The molecule has 0 saturated heterocycles. The molecule has 50 heavy (non-hydrogen) atoms. The molecule has 0 saturated carbocycles. The fourth-order valence-corrected chi connectivity index (χ4v) is 5.57. The Balaban J connectivity index is 1.36. The summed E-state index contributed by atoms with van der Waals surface area (Å²) in [6.07, 6.45) is -2.76. The van der Waals surface area contributed by atoms with Gasteiger partial charge in [0.2, 0.25) is 5.91 Å². The Bertz CT molecular complexity index is 1850. The number of carbonyl (C=O) groups excluding carboxylic acids is 4. The van der Waals surface area contributed by atoms with Crippen molar-refractivity contribution in [2.24, 2.45) is 5.73 Å². The number of primary amides is 1. The molecule has 1 aliphatic rings. The molecule has 1 aliphatic heterocycles. The molecule has 11 nitrogen and oxygen atoms in total. The molecule has 1 atom stereocenters. The maximum absolute atomic E-state index is 14.1. The van der Waals surface area contributed by atoms with Crippen LogP contribution in [-0.4, -0.2) is 83.4 Å². The van der Waals surface area contributed by atoms with Crippen molar-refractivity contribution >= 4 is 29.3 Å². The van der Waals surface area contributed by atoms with Crippen LogP contribution in [0.1, 0.15) is 53.9 Å². The van der Waals surface area contributed by atoms with Gasteiger partial charge in [0.15, 0.2) is 0 Å².